The summed E-state index contributed by atoms with van der Waals surface area (Å²) in [6.07, 6.45) is 14.1. The third-order valence-corrected chi connectivity index (χ3v) is 3.29. The van der Waals surface area contributed by atoms with E-state index in [0.29, 0.717) is 0 Å². The van der Waals surface area contributed by atoms with Crippen molar-refractivity contribution in [1.29, 1.82) is 0 Å². The van der Waals surface area contributed by atoms with E-state index >= 15 is 0 Å². The van der Waals surface area contributed by atoms with Crippen LogP contribution in [0.5, 0.6) is 0 Å². The average Bonchev–Trinajstić information content (AvgIpc) is 2.37. The van der Waals surface area contributed by atoms with Crippen molar-refractivity contribution < 1.29 is 22.1 Å². The zero-order valence-electron chi connectivity index (χ0n) is 16.1. The van der Waals surface area contributed by atoms with Crippen LogP contribution in [0.1, 0.15) is 80.9 Å². The Hall–Kier alpha value is 0.0700. The van der Waals surface area contributed by atoms with Crippen LogP contribution in [0, 0.1) is 0 Å². The molecule has 1 N–H and O–H groups in total. The maximum Gasteiger partial charge on any atom is 1.00 e. The molecule has 0 aliphatic rings. The van der Waals surface area contributed by atoms with E-state index in [4.69, 9.17) is 19.2 Å². The van der Waals surface area contributed by atoms with E-state index in [1.165, 1.54) is 77.3 Å². The smallest absolute Gasteiger partial charge is 0.790 e. The summed E-state index contributed by atoms with van der Waals surface area (Å²) in [7, 11) is -2.86. The van der Waals surface area contributed by atoms with Gasteiger partial charge in [-0.15, -0.1) is 0 Å². The van der Waals surface area contributed by atoms with Gasteiger partial charge in [0.1, 0.15) is 0 Å². The second-order valence-electron chi connectivity index (χ2n) is 5.60. The van der Waals surface area contributed by atoms with Gasteiger partial charge in [0.25, 0.3) is 0 Å². The molecule has 0 aliphatic heterocycles. The highest BCUT2D eigenvalue weighted by atomic mass is 31.2. The van der Waals surface area contributed by atoms with Crippen molar-refractivity contribution in [1.82, 2.24) is 4.90 Å². The predicted molar refractivity (Wildman–Crippen MR) is 87.1 cm³/mol. The highest BCUT2D eigenvalue weighted by Gasteiger charge is 1.97. The maximum absolute atomic E-state index is 8.66. The van der Waals surface area contributed by atoms with Crippen LogP contribution in [0.3, 0.4) is 0 Å². The molecule has 0 bridgehead atoms. The van der Waals surface area contributed by atoms with Crippen LogP contribution < -0.4 is 9.79 Å². The lowest BCUT2D eigenvalue weighted by atomic mass is 10.1. The van der Waals surface area contributed by atoms with Gasteiger partial charge in [0.05, 0.1) is 7.82 Å². The SMILES string of the molecule is CCCCCCCCN(C)CCCCCC.O=P([O-])([O-])O.[H+].[H+]. The minimum atomic E-state index is -5.14. The van der Waals surface area contributed by atoms with Gasteiger partial charge in [-0.1, -0.05) is 65.2 Å². The van der Waals surface area contributed by atoms with Crippen molar-refractivity contribution in [2.75, 3.05) is 20.1 Å². The Morgan fingerprint density at radius 3 is 1.52 bits per heavy atom. The molecule has 0 unspecified atom stereocenters. The first-order valence-electron chi connectivity index (χ1n) is 8.24. The number of rotatable bonds is 12. The summed E-state index contributed by atoms with van der Waals surface area (Å²) < 4.78 is 8.66. The Kier molecular flexibility index (Phi) is 18.3. The van der Waals surface area contributed by atoms with Crippen molar-refractivity contribution in [2.24, 2.45) is 0 Å². The number of hydrogen-bond acceptors (Lipinski definition) is 4. The number of hydrogen-bond donors (Lipinski definition) is 1. The third-order valence-electron chi connectivity index (χ3n) is 3.29. The number of nitrogens with zero attached hydrogens (tertiary/aromatic N) is 1. The average molecular weight is 325 g/mol. The lowest BCUT2D eigenvalue weighted by Crippen LogP contribution is -2.20. The van der Waals surface area contributed by atoms with Gasteiger partial charge in [0.2, 0.25) is 0 Å². The lowest BCUT2D eigenvalue weighted by Gasteiger charge is -2.19. The van der Waals surface area contributed by atoms with E-state index in [2.05, 4.69) is 25.8 Å². The Balaban J connectivity index is -0.000000225. The highest BCUT2D eigenvalue weighted by molar-refractivity contribution is 7.42. The molecule has 130 valence electrons. The zero-order chi connectivity index (χ0) is 16.6. The van der Waals surface area contributed by atoms with E-state index in [0.717, 1.165) is 0 Å². The predicted octanol–water partition coefficient (Wildman–Crippen LogP) is 2.89. The van der Waals surface area contributed by atoms with Crippen molar-refractivity contribution in [2.45, 2.75) is 78.1 Å². The van der Waals surface area contributed by atoms with Gasteiger partial charge < -0.3 is 24.1 Å². The fourth-order valence-corrected chi connectivity index (χ4v) is 2.08. The van der Waals surface area contributed by atoms with Crippen molar-refractivity contribution in [3.05, 3.63) is 0 Å². The van der Waals surface area contributed by atoms with E-state index < -0.39 is 7.82 Å². The summed E-state index contributed by atoms with van der Waals surface area (Å²) in [6, 6.07) is 0. The fourth-order valence-electron chi connectivity index (χ4n) is 2.08. The quantitative estimate of drug-likeness (QED) is 0.440. The second-order valence-corrected chi connectivity index (χ2v) is 6.54. The molecule has 0 atom stereocenters. The molecule has 6 heteroatoms. The molecule has 0 aromatic rings. The minimum absolute atomic E-state index is 0. The molecule has 0 fully saturated rings. The molecule has 21 heavy (non-hydrogen) atoms. The normalized spacial score (nSPS) is 11.4. The first-order valence-corrected chi connectivity index (χ1v) is 9.74. The first kappa shape index (κ1) is 23.3. The first-order chi connectivity index (χ1) is 9.81. The monoisotopic (exact) mass is 325 g/mol. The molecular weight excluding hydrogens is 289 g/mol. The van der Waals surface area contributed by atoms with E-state index in [1.54, 1.807) is 0 Å². The Labute approximate surface area is 134 Å². The van der Waals surface area contributed by atoms with Crippen LogP contribution in [0.2, 0.25) is 0 Å². The molecular formula is C15H36NO4P. The topological polar surface area (TPSA) is 86.7 Å². The maximum atomic E-state index is 8.66. The van der Waals surface area contributed by atoms with E-state index in [9.17, 15) is 0 Å². The van der Waals surface area contributed by atoms with Crippen LogP contribution in [-0.2, 0) is 4.57 Å². The van der Waals surface area contributed by atoms with E-state index in [-0.39, 0.29) is 2.85 Å². The van der Waals surface area contributed by atoms with Crippen molar-refractivity contribution >= 4 is 7.82 Å². The Morgan fingerprint density at radius 2 is 1.14 bits per heavy atom. The number of unbranched alkanes of at least 4 members (excludes halogenated alkanes) is 8. The van der Waals surface area contributed by atoms with Crippen LogP contribution >= 0.6 is 7.82 Å². The fraction of sp³-hybridized carbons (Fsp3) is 1.00. The van der Waals surface area contributed by atoms with Crippen molar-refractivity contribution in [3.8, 4) is 0 Å². The van der Waals surface area contributed by atoms with E-state index in [1.807, 2.05) is 0 Å². The van der Waals surface area contributed by atoms with Gasteiger partial charge in [0, 0.05) is 0 Å². The van der Waals surface area contributed by atoms with Crippen LogP contribution in [-0.4, -0.2) is 29.9 Å². The van der Waals surface area contributed by atoms with Crippen LogP contribution in [0.4, 0.5) is 0 Å². The third kappa shape index (κ3) is 33.1. The standard InChI is InChI=1S/C15H33N.H3O4P/c1-4-6-8-10-11-13-15-16(3)14-12-9-7-5-2;1-5(2,3)4/h4-15H2,1-3H3;(H3,1,2,3,4). The van der Waals surface area contributed by atoms with Gasteiger partial charge >= 0.3 is 2.85 Å². The molecule has 0 aromatic heterocycles. The Bertz CT molecular complexity index is 247. The van der Waals surface area contributed by atoms with Crippen LogP contribution in [0.25, 0.3) is 0 Å². The van der Waals surface area contributed by atoms with Gasteiger partial charge in [0.15, 0.2) is 0 Å². The summed E-state index contributed by atoms with van der Waals surface area (Å²) in [5.41, 5.74) is 0. The molecule has 0 spiro atoms. The van der Waals surface area contributed by atoms with Crippen molar-refractivity contribution in [3.63, 3.8) is 0 Å². The molecule has 0 aliphatic carbocycles. The van der Waals surface area contributed by atoms with Crippen LogP contribution in [0.15, 0.2) is 0 Å². The molecule has 0 radical (unpaired) electrons. The zero-order valence-corrected chi connectivity index (χ0v) is 14.9. The summed E-state index contributed by atoms with van der Waals surface area (Å²) in [4.78, 5) is 26.8. The Morgan fingerprint density at radius 1 is 0.857 bits per heavy atom. The molecule has 5 nitrogen and oxygen atoms in total. The molecule has 0 rings (SSSR count). The van der Waals surface area contributed by atoms with Gasteiger partial charge in [-0.2, -0.15) is 0 Å². The summed E-state index contributed by atoms with van der Waals surface area (Å²) in [6.45, 7) is 7.16. The molecule has 0 aromatic carbocycles. The molecule has 0 saturated carbocycles. The van der Waals surface area contributed by atoms with Gasteiger partial charge in [-0.3, -0.25) is 0 Å². The van der Waals surface area contributed by atoms with Gasteiger partial charge in [-0.05, 0) is 33.0 Å². The molecule has 0 amide bonds. The number of phosphoric acid groups is 1. The second kappa shape index (κ2) is 16.4. The molecule has 0 heterocycles. The summed E-state index contributed by atoms with van der Waals surface area (Å²) in [5.74, 6) is 0. The minimum Gasteiger partial charge on any atom is -0.790 e. The largest absolute Gasteiger partial charge is 1.00 e. The lowest BCUT2D eigenvalue weighted by molar-refractivity contribution is -0.337. The summed E-state index contributed by atoms with van der Waals surface area (Å²) in [5, 5.41) is 0. The summed E-state index contributed by atoms with van der Waals surface area (Å²) >= 11 is 0. The van der Waals surface area contributed by atoms with Gasteiger partial charge in [-0.25, -0.2) is 0 Å². The molecule has 0 saturated heterocycles. The highest BCUT2D eigenvalue weighted by Crippen LogP contribution is 2.11.